The molecule has 1 aromatic carbocycles. The van der Waals surface area contributed by atoms with Gasteiger partial charge in [-0.25, -0.2) is 4.79 Å². The first kappa shape index (κ1) is 13.7. The second-order valence-electron chi connectivity index (χ2n) is 4.77. The molecule has 1 saturated heterocycles. The Hall–Kier alpha value is -1.75. The van der Waals surface area contributed by atoms with E-state index in [0.29, 0.717) is 18.7 Å². The predicted octanol–water partition coefficient (Wildman–Crippen LogP) is 2.18. The van der Waals surface area contributed by atoms with Crippen molar-refractivity contribution in [2.75, 3.05) is 18.1 Å². The molecule has 1 N–H and O–H groups in total. The van der Waals surface area contributed by atoms with Gasteiger partial charge in [-0.2, -0.15) is 0 Å². The third kappa shape index (κ3) is 3.17. The molecule has 1 atom stereocenters. The molecule has 1 aliphatic rings. The number of cyclic esters (lactones) is 1. The summed E-state index contributed by atoms with van der Waals surface area (Å²) >= 11 is 0. The van der Waals surface area contributed by atoms with Crippen molar-refractivity contribution in [2.24, 2.45) is 0 Å². The van der Waals surface area contributed by atoms with Gasteiger partial charge in [-0.3, -0.25) is 4.90 Å². The Labute approximate surface area is 112 Å². The van der Waals surface area contributed by atoms with E-state index in [2.05, 4.69) is 0 Å². The van der Waals surface area contributed by atoms with Crippen molar-refractivity contribution in [3.05, 3.63) is 24.3 Å². The molecule has 19 heavy (non-hydrogen) atoms. The summed E-state index contributed by atoms with van der Waals surface area (Å²) in [5.74, 6) is 0.754. The van der Waals surface area contributed by atoms with E-state index in [-0.39, 0.29) is 18.8 Å². The van der Waals surface area contributed by atoms with Crippen molar-refractivity contribution in [1.29, 1.82) is 0 Å². The van der Waals surface area contributed by atoms with Crippen molar-refractivity contribution >= 4 is 11.8 Å². The Morgan fingerprint density at radius 3 is 2.68 bits per heavy atom. The number of aliphatic hydroxyl groups excluding tert-OH is 1. The third-order valence-corrected chi connectivity index (χ3v) is 2.94. The van der Waals surface area contributed by atoms with Gasteiger partial charge in [-0.15, -0.1) is 0 Å². The number of nitrogens with zero attached hydrogens (tertiary/aromatic N) is 1. The highest BCUT2D eigenvalue weighted by molar-refractivity contribution is 5.89. The van der Waals surface area contributed by atoms with Crippen molar-refractivity contribution < 1.29 is 19.4 Å². The summed E-state index contributed by atoms with van der Waals surface area (Å²) in [6.07, 6.45) is 0.325. The molecule has 0 aromatic heterocycles. The summed E-state index contributed by atoms with van der Waals surface area (Å²) in [5.41, 5.74) is 0.708. The largest absolute Gasteiger partial charge is 0.491 e. The summed E-state index contributed by atoms with van der Waals surface area (Å²) in [5, 5.41) is 9.34. The molecular weight excluding hydrogens is 246 g/mol. The van der Waals surface area contributed by atoms with Crippen LogP contribution in [0.5, 0.6) is 5.75 Å². The number of carbonyl (C=O) groups is 1. The van der Waals surface area contributed by atoms with Crippen LogP contribution in [0.4, 0.5) is 10.5 Å². The lowest BCUT2D eigenvalue weighted by atomic mass is 10.1. The lowest BCUT2D eigenvalue weighted by Crippen LogP contribution is -2.47. The first-order chi connectivity index (χ1) is 9.11. The number of benzene rings is 1. The zero-order valence-electron chi connectivity index (χ0n) is 11.2. The Bertz CT molecular complexity index is 430. The summed E-state index contributed by atoms with van der Waals surface area (Å²) in [6, 6.07) is 7.00. The van der Waals surface area contributed by atoms with Gasteiger partial charge in [0.05, 0.1) is 25.4 Å². The standard InChI is InChI=1S/C14H19NO4/c1-10(2)19-13-5-3-11(4-6-13)15-12(9-16)7-8-18-14(15)17/h3-6,10,12,16H,7-9H2,1-2H3. The zero-order chi connectivity index (χ0) is 13.8. The van der Waals surface area contributed by atoms with Crippen LogP contribution in [0.1, 0.15) is 20.3 Å². The molecule has 1 fully saturated rings. The quantitative estimate of drug-likeness (QED) is 0.906. The van der Waals surface area contributed by atoms with E-state index in [9.17, 15) is 9.90 Å². The first-order valence-corrected chi connectivity index (χ1v) is 6.45. The smallest absolute Gasteiger partial charge is 0.414 e. The normalized spacial score (nSPS) is 19.5. The van der Waals surface area contributed by atoms with E-state index in [4.69, 9.17) is 9.47 Å². The number of aliphatic hydroxyl groups is 1. The number of anilines is 1. The fourth-order valence-corrected chi connectivity index (χ4v) is 2.08. The van der Waals surface area contributed by atoms with Crippen molar-refractivity contribution in [2.45, 2.75) is 32.4 Å². The molecule has 1 unspecified atom stereocenters. The second kappa shape index (κ2) is 5.93. The Morgan fingerprint density at radius 2 is 2.11 bits per heavy atom. The minimum absolute atomic E-state index is 0.0701. The molecule has 0 aliphatic carbocycles. The number of rotatable bonds is 4. The molecule has 5 heteroatoms. The van der Waals surface area contributed by atoms with Crippen LogP contribution in [0.3, 0.4) is 0 Å². The van der Waals surface area contributed by atoms with E-state index < -0.39 is 6.09 Å². The lowest BCUT2D eigenvalue weighted by Gasteiger charge is -2.33. The molecule has 0 radical (unpaired) electrons. The molecule has 1 heterocycles. The minimum Gasteiger partial charge on any atom is -0.491 e. The molecular formula is C14H19NO4. The first-order valence-electron chi connectivity index (χ1n) is 6.45. The Balaban J connectivity index is 2.17. The van der Waals surface area contributed by atoms with E-state index in [1.807, 2.05) is 26.0 Å². The number of amides is 1. The molecule has 0 bridgehead atoms. The lowest BCUT2D eigenvalue weighted by molar-refractivity contribution is 0.116. The molecule has 5 nitrogen and oxygen atoms in total. The maximum absolute atomic E-state index is 11.8. The van der Waals surface area contributed by atoms with Crippen LogP contribution in [0, 0.1) is 0 Å². The molecule has 0 saturated carbocycles. The monoisotopic (exact) mass is 265 g/mol. The molecule has 0 spiro atoms. The average Bonchev–Trinajstić information content (AvgIpc) is 2.39. The van der Waals surface area contributed by atoms with Gasteiger partial charge in [-0.1, -0.05) is 0 Å². The molecule has 104 valence electrons. The zero-order valence-corrected chi connectivity index (χ0v) is 11.2. The maximum Gasteiger partial charge on any atom is 0.414 e. The highest BCUT2D eigenvalue weighted by Gasteiger charge is 2.30. The topological polar surface area (TPSA) is 59.0 Å². The van der Waals surface area contributed by atoms with Gasteiger partial charge in [0.25, 0.3) is 0 Å². The fraction of sp³-hybridized carbons (Fsp3) is 0.500. The molecule has 1 aromatic rings. The van der Waals surface area contributed by atoms with Gasteiger partial charge in [0.2, 0.25) is 0 Å². The average molecular weight is 265 g/mol. The number of ether oxygens (including phenoxy) is 2. The van der Waals surface area contributed by atoms with Crippen LogP contribution in [0.25, 0.3) is 0 Å². The van der Waals surface area contributed by atoms with Gasteiger partial charge >= 0.3 is 6.09 Å². The summed E-state index contributed by atoms with van der Waals surface area (Å²) in [4.78, 5) is 13.3. The van der Waals surface area contributed by atoms with E-state index in [1.165, 1.54) is 4.90 Å². The number of hydrogen-bond donors (Lipinski definition) is 1. The van der Waals surface area contributed by atoms with Gasteiger partial charge < -0.3 is 14.6 Å². The maximum atomic E-state index is 11.8. The molecule has 1 amide bonds. The molecule has 2 rings (SSSR count). The summed E-state index contributed by atoms with van der Waals surface area (Å²) in [7, 11) is 0. The second-order valence-corrected chi connectivity index (χ2v) is 4.77. The van der Waals surface area contributed by atoms with Gasteiger partial charge in [0, 0.05) is 12.1 Å². The SMILES string of the molecule is CC(C)Oc1ccc(N2C(=O)OCCC2CO)cc1. The van der Waals surface area contributed by atoms with Crippen LogP contribution >= 0.6 is 0 Å². The Morgan fingerprint density at radius 1 is 1.42 bits per heavy atom. The van der Waals surface area contributed by atoms with Crippen molar-refractivity contribution in [1.82, 2.24) is 0 Å². The van der Waals surface area contributed by atoms with E-state index >= 15 is 0 Å². The van der Waals surface area contributed by atoms with Crippen LogP contribution in [-0.2, 0) is 4.74 Å². The van der Waals surface area contributed by atoms with E-state index in [1.54, 1.807) is 12.1 Å². The highest BCUT2D eigenvalue weighted by Crippen LogP contribution is 2.25. The third-order valence-electron chi connectivity index (χ3n) is 2.94. The van der Waals surface area contributed by atoms with Crippen LogP contribution in [0.2, 0.25) is 0 Å². The number of carbonyl (C=O) groups excluding carboxylic acids is 1. The van der Waals surface area contributed by atoms with Crippen LogP contribution < -0.4 is 9.64 Å². The van der Waals surface area contributed by atoms with Gasteiger partial charge in [0.15, 0.2) is 0 Å². The van der Waals surface area contributed by atoms with Crippen LogP contribution in [-0.4, -0.2) is 36.6 Å². The minimum atomic E-state index is -0.414. The van der Waals surface area contributed by atoms with Gasteiger partial charge in [-0.05, 0) is 38.1 Å². The summed E-state index contributed by atoms with van der Waals surface area (Å²) in [6.45, 7) is 4.20. The van der Waals surface area contributed by atoms with E-state index in [0.717, 1.165) is 5.75 Å². The van der Waals surface area contributed by atoms with Gasteiger partial charge in [0.1, 0.15) is 5.75 Å². The number of hydrogen-bond acceptors (Lipinski definition) is 4. The Kier molecular flexibility index (Phi) is 4.27. The fourth-order valence-electron chi connectivity index (χ4n) is 2.08. The molecule has 1 aliphatic heterocycles. The van der Waals surface area contributed by atoms with Crippen LogP contribution in [0.15, 0.2) is 24.3 Å². The summed E-state index contributed by atoms with van der Waals surface area (Å²) < 4.78 is 10.6. The van der Waals surface area contributed by atoms with Crippen molar-refractivity contribution in [3.63, 3.8) is 0 Å². The highest BCUT2D eigenvalue weighted by atomic mass is 16.6. The predicted molar refractivity (Wildman–Crippen MR) is 71.5 cm³/mol. The van der Waals surface area contributed by atoms with Crippen molar-refractivity contribution in [3.8, 4) is 5.75 Å².